The predicted octanol–water partition coefficient (Wildman–Crippen LogP) is 3.07. The number of benzene rings is 1. The first-order valence-electron chi connectivity index (χ1n) is 8.30. The molecule has 0 aromatic heterocycles. The van der Waals surface area contributed by atoms with Gasteiger partial charge in [0.15, 0.2) is 0 Å². The number of halogens is 5. The fraction of sp³-hybridized carbons (Fsp3) is 0.471. The van der Waals surface area contributed by atoms with Gasteiger partial charge in [0, 0.05) is 32.2 Å². The predicted molar refractivity (Wildman–Crippen MR) is 95.2 cm³/mol. The molecule has 0 bridgehead atoms. The van der Waals surface area contributed by atoms with Crippen molar-refractivity contribution in [3.63, 3.8) is 0 Å². The standard InChI is InChI=1S/C17H20ClF4N3O3/c1-3-25(16(28)15(27)24(2)10-17(20,21)22)8-4-5-14(26)23-11-6-7-13(19)12(18)9-11/h6-7,9H,3-5,8,10H2,1-2H3,(H,23,26). The molecule has 11 heteroatoms. The van der Waals surface area contributed by atoms with Crippen LogP contribution in [0.1, 0.15) is 19.8 Å². The Kier molecular flexibility index (Phi) is 8.67. The lowest BCUT2D eigenvalue weighted by Gasteiger charge is -2.24. The molecule has 28 heavy (non-hydrogen) atoms. The second-order valence-electron chi connectivity index (χ2n) is 5.94. The third kappa shape index (κ3) is 7.71. The van der Waals surface area contributed by atoms with Gasteiger partial charge in [-0.2, -0.15) is 13.2 Å². The average molecular weight is 426 g/mol. The van der Waals surface area contributed by atoms with Gasteiger partial charge in [-0.25, -0.2) is 4.39 Å². The summed E-state index contributed by atoms with van der Waals surface area (Å²) >= 11 is 5.62. The van der Waals surface area contributed by atoms with E-state index in [1.807, 2.05) is 0 Å². The van der Waals surface area contributed by atoms with Gasteiger partial charge in [-0.05, 0) is 31.5 Å². The number of nitrogens with one attached hydrogen (secondary N) is 1. The molecule has 0 radical (unpaired) electrons. The lowest BCUT2D eigenvalue weighted by Crippen LogP contribution is -2.46. The van der Waals surface area contributed by atoms with Gasteiger partial charge < -0.3 is 15.1 Å². The number of carbonyl (C=O) groups is 3. The number of rotatable bonds is 7. The summed E-state index contributed by atoms with van der Waals surface area (Å²) < 4.78 is 50.1. The van der Waals surface area contributed by atoms with E-state index in [9.17, 15) is 31.9 Å². The summed E-state index contributed by atoms with van der Waals surface area (Å²) in [6.45, 7) is 0.144. The maximum Gasteiger partial charge on any atom is 0.406 e. The fourth-order valence-electron chi connectivity index (χ4n) is 2.27. The largest absolute Gasteiger partial charge is 0.406 e. The van der Waals surface area contributed by atoms with Crippen LogP contribution in [0.5, 0.6) is 0 Å². The Bertz CT molecular complexity index is 728. The fourth-order valence-corrected chi connectivity index (χ4v) is 2.45. The highest BCUT2D eigenvalue weighted by molar-refractivity contribution is 6.34. The Morgan fingerprint density at radius 1 is 1.18 bits per heavy atom. The molecule has 0 spiro atoms. The first-order chi connectivity index (χ1) is 12.9. The first-order valence-corrected chi connectivity index (χ1v) is 8.68. The molecule has 0 unspecified atom stereocenters. The van der Waals surface area contributed by atoms with E-state index in [1.54, 1.807) is 6.92 Å². The van der Waals surface area contributed by atoms with E-state index in [0.29, 0.717) is 10.6 Å². The molecule has 0 aliphatic heterocycles. The Morgan fingerprint density at radius 3 is 2.36 bits per heavy atom. The Morgan fingerprint density at radius 2 is 1.82 bits per heavy atom. The van der Waals surface area contributed by atoms with Gasteiger partial charge in [-0.1, -0.05) is 11.6 Å². The van der Waals surface area contributed by atoms with Crippen molar-refractivity contribution < 1.29 is 31.9 Å². The van der Waals surface area contributed by atoms with Gasteiger partial charge in [-0.15, -0.1) is 0 Å². The molecule has 0 saturated heterocycles. The number of nitrogens with zero attached hydrogens (tertiary/aromatic N) is 2. The minimum Gasteiger partial charge on any atom is -0.335 e. The maximum absolute atomic E-state index is 13.1. The van der Waals surface area contributed by atoms with Gasteiger partial charge in [0.25, 0.3) is 0 Å². The topological polar surface area (TPSA) is 69.7 Å². The summed E-state index contributed by atoms with van der Waals surface area (Å²) in [6, 6.07) is 3.67. The average Bonchev–Trinajstić information content (AvgIpc) is 2.59. The summed E-state index contributed by atoms with van der Waals surface area (Å²) in [5, 5.41) is 2.35. The van der Waals surface area contributed by atoms with E-state index >= 15 is 0 Å². The normalized spacial score (nSPS) is 11.1. The molecule has 1 N–H and O–H groups in total. The van der Waals surface area contributed by atoms with Crippen LogP contribution in [0.3, 0.4) is 0 Å². The summed E-state index contributed by atoms with van der Waals surface area (Å²) in [4.78, 5) is 37.1. The van der Waals surface area contributed by atoms with Gasteiger partial charge in [-0.3, -0.25) is 14.4 Å². The quantitative estimate of drug-likeness (QED) is 0.539. The van der Waals surface area contributed by atoms with Crippen LogP contribution in [0.4, 0.5) is 23.2 Å². The number of hydrogen-bond donors (Lipinski definition) is 1. The number of anilines is 1. The summed E-state index contributed by atoms with van der Waals surface area (Å²) in [6.07, 6.45) is -4.45. The molecular weight excluding hydrogens is 406 g/mol. The molecular formula is C17H20ClF4N3O3. The molecule has 0 aliphatic rings. The molecule has 1 aromatic carbocycles. The molecule has 0 saturated carbocycles. The third-order valence-electron chi connectivity index (χ3n) is 3.65. The zero-order chi connectivity index (χ0) is 21.5. The molecule has 0 heterocycles. The Labute approximate surface area is 164 Å². The van der Waals surface area contributed by atoms with Crippen molar-refractivity contribution in [3.8, 4) is 0 Å². The van der Waals surface area contributed by atoms with Crippen LogP contribution in [0, 0.1) is 5.82 Å². The Hall–Kier alpha value is -2.36. The highest BCUT2D eigenvalue weighted by Gasteiger charge is 2.34. The lowest BCUT2D eigenvalue weighted by atomic mass is 10.2. The van der Waals surface area contributed by atoms with Crippen LogP contribution >= 0.6 is 11.6 Å². The zero-order valence-corrected chi connectivity index (χ0v) is 16.0. The Balaban J connectivity index is 2.52. The maximum atomic E-state index is 13.1. The van der Waals surface area contributed by atoms with Crippen molar-refractivity contribution in [2.75, 3.05) is 32.0 Å². The monoisotopic (exact) mass is 425 g/mol. The SMILES string of the molecule is CCN(CCCC(=O)Nc1ccc(F)c(Cl)c1)C(=O)C(=O)N(C)CC(F)(F)F. The second kappa shape index (κ2) is 10.3. The van der Waals surface area contributed by atoms with Gasteiger partial charge in [0.2, 0.25) is 5.91 Å². The van der Waals surface area contributed by atoms with Crippen molar-refractivity contribution in [2.45, 2.75) is 25.9 Å². The highest BCUT2D eigenvalue weighted by Crippen LogP contribution is 2.19. The van der Waals surface area contributed by atoms with Gasteiger partial charge in [0.1, 0.15) is 12.4 Å². The molecule has 1 aromatic rings. The van der Waals surface area contributed by atoms with Crippen molar-refractivity contribution in [1.82, 2.24) is 9.80 Å². The number of alkyl halides is 3. The van der Waals surface area contributed by atoms with Crippen LogP contribution in [0.2, 0.25) is 5.02 Å². The van der Waals surface area contributed by atoms with Crippen LogP contribution in [-0.4, -0.2) is 60.4 Å². The smallest absolute Gasteiger partial charge is 0.335 e. The van der Waals surface area contributed by atoms with Gasteiger partial charge in [0.05, 0.1) is 5.02 Å². The second-order valence-corrected chi connectivity index (χ2v) is 6.35. The first kappa shape index (κ1) is 23.7. The van der Waals surface area contributed by atoms with Gasteiger partial charge >= 0.3 is 18.0 Å². The summed E-state index contributed by atoms with van der Waals surface area (Å²) in [5.41, 5.74) is 0.295. The zero-order valence-electron chi connectivity index (χ0n) is 15.3. The van der Waals surface area contributed by atoms with Crippen LogP contribution in [0.15, 0.2) is 18.2 Å². The molecule has 6 nitrogen and oxygen atoms in total. The van der Waals surface area contributed by atoms with Crippen molar-refractivity contribution in [2.24, 2.45) is 0 Å². The third-order valence-corrected chi connectivity index (χ3v) is 3.94. The van der Waals surface area contributed by atoms with Crippen molar-refractivity contribution in [1.29, 1.82) is 0 Å². The van der Waals surface area contributed by atoms with Crippen LogP contribution in [-0.2, 0) is 14.4 Å². The van der Waals surface area contributed by atoms with E-state index in [0.717, 1.165) is 18.0 Å². The number of carbonyl (C=O) groups excluding carboxylic acids is 3. The molecule has 0 atom stereocenters. The number of likely N-dealkylation sites (N-methyl/N-ethyl adjacent to an activating group) is 2. The number of hydrogen-bond acceptors (Lipinski definition) is 3. The molecule has 1 rings (SSSR count). The minimum atomic E-state index is -4.61. The lowest BCUT2D eigenvalue weighted by molar-refractivity contribution is -0.165. The van der Waals surface area contributed by atoms with Crippen molar-refractivity contribution >= 4 is 35.0 Å². The number of amides is 3. The molecule has 0 fully saturated rings. The van der Waals surface area contributed by atoms with Crippen LogP contribution < -0.4 is 5.32 Å². The molecule has 0 aliphatic carbocycles. The molecule has 156 valence electrons. The van der Waals surface area contributed by atoms with E-state index in [2.05, 4.69) is 5.32 Å². The summed E-state index contributed by atoms with van der Waals surface area (Å²) in [7, 11) is 0.892. The highest BCUT2D eigenvalue weighted by atomic mass is 35.5. The molecule has 3 amide bonds. The van der Waals surface area contributed by atoms with Crippen molar-refractivity contribution in [3.05, 3.63) is 29.0 Å². The summed E-state index contributed by atoms with van der Waals surface area (Å²) in [5.74, 6) is -3.40. The van der Waals surface area contributed by atoms with Crippen LogP contribution in [0.25, 0.3) is 0 Å². The van der Waals surface area contributed by atoms with E-state index in [4.69, 9.17) is 11.6 Å². The van der Waals surface area contributed by atoms with E-state index < -0.39 is 36.3 Å². The minimum absolute atomic E-state index is 0.0124. The van der Waals surface area contributed by atoms with E-state index in [-0.39, 0.29) is 31.0 Å². The van der Waals surface area contributed by atoms with E-state index in [1.165, 1.54) is 12.1 Å².